The second-order valence-corrected chi connectivity index (χ2v) is 2.73. The van der Waals surface area contributed by atoms with Crippen LogP contribution in [0.25, 0.3) is 0 Å². The molecule has 0 radical (unpaired) electrons. The van der Waals surface area contributed by atoms with Crippen LogP contribution in [0.5, 0.6) is 0 Å². The maximum absolute atomic E-state index is 12.8. The SMILES string of the molecule is COC(=O)Cc1ccc(F)c(C=O)c1. The van der Waals surface area contributed by atoms with E-state index < -0.39 is 11.8 Å². The maximum Gasteiger partial charge on any atom is 0.309 e. The van der Waals surface area contributed by atoms with Crippen molar-refractivity contribution in [1.29, 1.82) is 0 Å². The van der Waals surface area contributed by atoms with Crippen LogP contribution >= 0.6 is 0 Å². The van der Waals surface area contributed by atoms with E-state index in [2.05, 4.69) is 4.74 Å². The van der Waals surface area contributed by atoms with Gasteiger partial charge in [-0.05, 0) is 17.7 Å². The molecule has 0 saturated carbocycles. The summed E-state index contributed by atoms with van der Waals surface area (Å²) in [5.74, 6) is -1.01. The first kappa shape index (κ1) is 10.4. The van der Waals surface area contributed by atoms with Crippen molar-refractivity contribution in [3.63, 3.8) is 0 Å². The number of carbonyl (C=O) groups excluding carboxylic acids is 2. The van der Waals surface area contributed by atoms with Crippen molar-refractivity contribution in [1.82, 2.24) is 0 Å². The van der Waals surface area contributed by atoms with Gasteiger partial charge in [-0.1, -0.05) is 6.07 Å². The van der Waals surface area contributed by atoms with Crippen molar-refractivity contribution in [3.8, 4) is 0 Å². The van der Waals surface area contributed by atoms with Gasteiger partial charge in [-0.3, -0.25) is 9.59 Å². The van der Waals surface area contributed by atoms with Gasteiger partial charge in [-0.2, -0.15) is 0 Å². The highest BCUT2D eigenvalue weighted by Gasteiger charge is 2.06. The topological polar surface area (TPSA) is 43.4 Å². The molecular weight excluding hydrogens is 187 g/mol. The Kier molecular flexibility index (Phi) is 3.34. The molecule has 0 N–H and O–H groups in total. The zero-order valence-electron chi connectivity index (χ0n) is 7.62. The Balaban J connectivity index is 2.89. The van der Waals surface area contributed by atoms with E-state index >= 15 is 0 Å². The molecule has 0 aliphatic carbocycles. The highest BCUT2D eigenvalue weighted by atomic mass is 19.1. The van der Waals surface area contributed by atoms with E-state index in [-0.39, 0.29) is 12.0 Å². The van der Waals surface area contributed by atoms with Gasteiger partial charge >= 0.3 is 5.97 Å². The number of benzene rings is 1. The molecule has 0 aliphatic heterocycles. The third-order valence-electron chi connectivity index (χ3n) is 1.76. The van der Waals surface area contributed by atoms with Gasteiger partial charge in [0.25, 0.3) is 0 Å². The van der Waals surface area contributed by atoms with Crippen LogP contribution in [0.1, 0.15) is 15.9 Å². The lowest BCUT2D eigenvalue weighted by molar-refractivity contribution is -0.139. The molecule has 0 aromatic heterocycles. The van der Waals surface area contributed by atoms with Crippen LogP contribution in [0.4, 0.5) is 4.39 Å². The molecule has 0 bridgehead atoms. The van der Waals surface area contributed by atoms with Crippen LogP contribution in [0, 0.1) is 5.82 Å². The fraction of sp³-hybridized carbons (Fsp3) is 0.200. The minimum atomic E-state index is -0.589. The van der Waals surface area contributed by atoms with Crippen molar-refractivity contribution in [3.05, 3.63) is 35.1 Å². The van der Waals surface area contributed by atoms with E-state index in [1.165, 1.54) is 19.2 Å². The largest absolute Gasteiger partial charge is 0.469 e. The van der Waals surface area contributed by atoms with E-state index in [9.17, 15) is 14.0 Å². The van der Waals surface area contributed by atoms with Crippen molar-refractivity contribution >= 4 is 12.3 Å². The minimum absolute atomic E-state index is 0.0393. The molecule has 0 amide bonds. The molecule has 4 heteroatoms. The summed E-state index contributed by atoms with van der Waals surface area (Å²) in [5.41, 5.74) is 0.506. The Bertz CT molecular complexity index is 360. The van der Waals surface area contributed by atoms with Crippen LogP contribution < -0.4 is 0 Å². The third kappa shape index (κ3) is 2.39. The molecule has 0 unspecified atom stereocenters. The van der Waals surface area contributed by atoms with Gasteiger partial charge in [-0.25, -0.2) is 4.39 Å². The van der Waals surface area contributed by atoms with E-state index in [4.69, 9.17) is 0 Å². The molecule has 0 fully saturated rings. The fourth-order valence-corrected chi connectivity index (χ4v) is 1.03. The molecule has 0 heterocycles. The average Bonchev–Trinajstić information content (AvgIpc) is 2.20. The van der Waals surface area contributed by atoms with E-state index in [1.807, 2.05) is 0 Å². The van der Waals surface area contributed by atoms with Gasteiger partial charge in [0, 0.05) is 0 Å². The highest BCUT2D eigenvalue weighted by Crippen LogP contribution is 2.09. The molecule has 0 spiro atoms. The van der Waals surface area contributed by atoms with Crippen LogP contribution in [-0.4, -0.2) is 19.4 Å². The number of esters is 1. The number of halogens is 1. The third-order valence-corrected chi connectivity index (χ3v) is 1.76. The molecule has 1 aromatic carbocycles. The van der Waals surface area contributed by atoms with Gasteiger partial charge in [0.2, 0.25) is 0 Å². The highest BCUT2D eigenvalue weighted by molar-refractivity contribution is 5.77. The van der Waals surface area contributed by atoms with Crippen LogP contribution in [0.2, 0.25) is 0 Å². The lowest BCUT2D eigenvalue weighted by Crippen LogP contribution is -2.05. The molecule has 14 heavy (non-hydrogen) atoms. The predicted octanol–water partition coefficient (Wildman–Crippen LogP) is 1.35. The Morgan fingerprint density at radius 1 is 1.57 bits per heavy atom. The number of methoxy groups -OCH3 is 1. The Labute approximate surface area is 80.5 Å². The average molecular weight is 196 g/mol. The number of carbonyl (C=O) groups is 2. The number of hydrogen-bond donors (Lipinski definition) is 0. The monoisotopic (exact) mass is 196 g/mol. The first-order valence-electron chi connectivity index (χ1n) is 3.97. The summed E-state index contributed by atoms with van der Waals surface area (Å²) in [6, 6.07) is 3.93. The summed E-state index contributed by atoms with van der Waals surface area (Å²) in [4.78, 5) is 21.2. The Morgan fingerprint density at radius 2 is 2.29 bits per heavy atom. The quantitative estimate of drug-likeness (QED) is 0.541. The Morgan fingerprint density at radius 3 is 2.86 bits per heavy atom. The number of ether oxygens (including phenoxy) is 1. The molecule has 0 atom stereocenters. The molecule has 3 nitrogen and oxygen atoms in total. The van der Waals surface area contributed by atoms with Crippen molar-refractivity contribution < 1.29 is 18.7 Å². The molecule has 1 aromatic rings. The summed E-state index contributed by atoms with van der Waals surface area (Å²) in [7, 11) is 1.27. The predicted molar refractivity (Wildman–Crippen MR) is 47.5 cm³/mol. The van der Waals surface area contributed by atoms with Gasteiger partial charge < -0.3 is 4.74 Å². The second-order valence-electron chi connectivity index (χ2n) is 2.73. The second kappa shape index (κ2) is 4.50. The van der Waals surface area contributed by atoms with E-state index in [0.717, 1.165) is 6.07 Å². The number of aldehydes is 1. The number of rotatable bonds is 3. The summed E-state index contributed by atoms with van der Waals surface area (Å²) < 4.78 is 17.3. The minimum Gasteiger partial charge on any atom is -0.469 e. The standard InChI is InChI=1S/C10H9FO3/c1-14-10(13)5-7-2-3-9(11)8(4-7)6-12/h2-4,6H,5H2,1H3. The smallest absolute Gasteiger partial charge is 0.309 e. The maximum atomic E-state index is 12.8. The zero-order chi connectivity index (χ0) is 10.6. The van der Waals surface area contributed by atoms with Crippen molar-refractivity contribution in [2.45, 2.75) is 6.42 Å². The first-order valence-corrected chi connectivity index (χ1v) is 3.97. The van der Waals surface area contributed by atoms with Crippen LogP contribution in [-0.2, 0) is 16.0 Å². The van der Waals surface area contributed by atoms with Gasteiger partial charge in [0.15, 0.2) is 6.29 Å². The summed E-state index contributed by atoms with van der Waals surface area (Å²) in [6.45, 7) is 0. The number of hydrogen-bond acceptors (Lipinski definition) is 3. The summed E-state index contributed by atoms with van der Waals surface area (Å²) in [5, 5.41) is 0. The normalized spacial score (nSPS) is 9.57. The lowest BCUT2D eigenvalue weighted by Gasteiger charge is -2.01. The molecule has 0 aliphatic rings. The molecule has 74 valence electrons. The van der Waals surface area contributed by atoms with Crippen molar-refractivity contribution in [2.24, 2.45) is 0 Å². The van der Waals surface area contributed by atoms with Crippen molar-refractivity contribution in [2.75, 3.05) is 7.11 Å². The van der Waals surface area contributed by atoms with Gasteiger partial charge in [0.1, 0.15) is 5.82 Å². The summed E-state index contributed by atoms with van der Waals surface area (Å²) >= 11 is 0. The van der Waals surface area contributed by atoms with Crippen LogP contribution in [0.15, 0.2) is 18.2 Å². The van der Waals surface area contributed by atoms with Crippen LogP contribution in [0.3, 0.4) is 0 Å². The van der Waals surface area contributed by atoms with E-state index in [1.54, 1.807) is 0 Å². The fourth-order valence-electron chi connectivity index (χ4n) is 1.03. The Hall–Kier alpha value is -1.71. The van der Waals surface area contributed by atoms with Gasteiger partial charge in [-0.15, -0.1) is 0 Å². The zero-order valence-corrected chi connectivity index (χ0v) is 7.62. The lowest BCUT2D eigenvalue weighted by atomic mass is 10.1. The summed E-state index contributed by atoms with van der Waals surface area (Å²) in [6.07, 6.45) is 0.452. The molecular formula is C10H9FO3. The first-order chi connectivity index (χ1) is 6.67. The molecule has 0 saturated heterocycles. The van der Waals surface area contributed by atoms with Gasteiger partial charge in [0.05, 0.1) is 19.1 Å². The molecule has 1 rings (SSSR count). The van der Waals surface area contributed by atoms with E-state index in [0.29, 0.717) is 11.8 Å².